The van der Waals surface area contributed by atoms with Crippen LogP contribution in [0.5, 0.6) is 0 Å². The van der Waals surface area contributed by atoms with Gasteiger partial charge in [-0.3, -0.25) is 15.0 Å². The van der Waals surface area contributed by atoms with E-state index < -0.39 is 5.91 Å². The number of carbonyl (C=O) groups is 2. The molecule has 0 aliphatic heterocycles. The third-order valence-electron chi connectivity index (χ3n) is 3.01. The van der Waals surface area contributed by atoms with Gasteiger partial charge in [0.2, 0.25) is 0 Å². The highest BCUT2D eigenvalue weighted by atomic mass is 16.2. The molecule has 2 amide bonds. The van der Waals surface area contributed by atoms with Crippen LogP contribution >= 0.6 is 0 Å². The number of amides is 2. The van der Waals surface area contributed by atoms with Crippen molar-refractivity contribution in [1.82, 2.24) is 10.7 Å². The Morgan fingerprint density at radius 2 is 1.52 bits per heavy atom. The minimum absolute atomic E-state index is 0.0635. The largest absolute Gasteiger partial charge is 0.317 e. The Balaban J connectivity index is 2.14. The standard InChI is InChI=1S/C18H17N3O2/c19-21-18(23)16(13-7-10-14-8-3-1-4-9-14)20-17(22)15-11-5-2-6-12-15/h1-13H,19H2,(H,20,22)(H,21,23)/b10-7+,16-13+. The zero-order chi connectivity index (χ0) is 16.5. The van der Waals surface area contributed by atoms with Gasteiger partial charge in [0.1, 0.15) is 5.70 Å². The molecule has 5 nitrogen and oxygen atoms in total. The summed E-state index contributed by atoms with van der Waals surface area (Å²) in [6.07, 6.45) is 4.99. The maximum absolute atomic E-state index is 12.1. The fraction of sp³-hybridized carbons (Fsp3) is 0. The summed E-state index contributed by atoms with van der Waals surface area (Å²) in [5.41, 5.74) is 3.51. The number of hydrazine groups is 1. The van der Waals surface area contributed by atoms with Gasteiger partial charge in [-0.1, -0.05) is 60.7 Å². The predicted octanol–water partition coefficient (Wildman–Crippen LogP) is 2.00. The van der Waals surface area contributed by atoms with E-state index >= 15 is 0 Å². The van der Waals surface area contributed by atoms with E-state index in [0.29, 0.717) is 5.56 Å². The van der Waals surface area contributed by atoms with Gasteiger partial charge >= 0.3 is 0 Å². The van der Waals surface area contributed by atoms with Gasteiger partial charge in [-0.25, -0.2) is 5.84 Å². The molecule has 0 radical (unpaired) electrons. The van der Waals surface area contributed by atoms with Crippen LogP contribution in [-0.4, -0.2) is 11.8 Å². The van der Waals surface area contributed by atoms with Crippen LogP contribution in [0.15, 0.2) is 78.5 Å². The van der Waals surface area contributed by atoms with Gasteiger partial charge in [0.05, 0.1) is 0 Å². The lowest BCUT2D eigenvalue weighted by atomic mass is 10.2. The normalized spacial score (nSPS) is 11.3. The van der Waals surface area contributed by atoms with Gasteiger partial charge in [-0.2, -0.15) is 0 Å². The summed E-state index contributed by atoms with van der Waals surface area (Å²) in [5.74, 6) is 4.20. The number of benzene rings is 2. The zero-order valence-corrected chi connectivity index (χ0v) is 12.4. The quantitative estimate of drug-likeness (QED) is 0.260. The molecular weight excluding hydrogens is 290 g/mol. The topological polar surface area (TPSA) is 84.2 Å². The molecule has 0 saturated carbocycles. The summed E-state index contributed by atoms with van der Waals surface area (Å²) in [4.78, 5) is 23.9. The number of nitrogens with one attached hydrogen (secondary N) is 2. The Kier molecular flexibility index (Phi) is 5.85. The van der Waals surface area contributed by atoms with Crippen molar-refractivity contribution in [1.29, 1.82) is 0 Å². The highest BCUT2D eigenvalue weighted by Gasteiger charge is 2.12. The number of hydrogen-bond donors (Lipinski definition) is 3. The second kappa shape index (κ2) is 8.31. The van der Waals surface area contributed by atoms with E-state index in [2.05, 4.69) is 5.32 Å². The number of hydrogen-bond acceptors (Lipinski definition) is 3. The van der Waals surface area contributed by atoms with Crippen molar-refractivity contribution in [3.05, 3.63) is 89.6 Å². The molecule has 2 rings (SSSR count). The smallest absolute Gasteiger partial charge is 0.281 e. The molecule has 5 heteroatoms. The molecule has 23 heavy (non-hydrogen) atoms. The van der Waals surface area contributed by atoms with E-state index in [-0.39, 0.29) is 11.6 Å². The van der Waals surface area contributed by atoms with Crippen LogP contribution in [0.1, 0.15) is 15.9 Å². The Morgan fingerprint density at radius 3 is 2.13 bits per heavy atom. The van der Waals surface area contributed by atoms with E-state index in [0.717, 1.165) is 5.56 Å². The van der Waals surface area contributed by atoms with Crippen LogP contribution in [0.2, 0.25) is 0 Å². The molecule has 0 aliphatic rings. The van der Waals surface area contributed by atoms with Crippen LogP contribution in [0, 0.1) is 0 Å². The first kappa shape index (κ1) is 16.2. The van der Waals surface area contributed by atoms with Crippen molar-refractivity contribution in [3.63, 3.8) is 0 Å². The van der Waals surface area contributed by atoms with Crippen LogP contribution in [-0.2, 0) is 4.79 Å². The Bertz CT molecular complexity index is 722. The van der Waals surface area contributed by atoms with Gasteiger partial charge in [0.25, 0.3) is 11.8 Å². The molecule has 116 valence electrons. The summed E-state index contributed by atoms with van der Waals surface area (Å²) < 4.78 is 0. The molecule has 0 spiro atoms. The first-order valence-electron chi connectivity index (χ1n) is 7.01. The molecular formula is C18H17N3O2. The van der Waals surface area contributed by atoms with Crippen LogP contribution < -0.4 is 16.6 Å². The summed E-state index contributed by atoms with van der Waals surface area (Å²) >= 11 is 0. The van der Waals surface area contributed by atoms with Crippen molar-refractivity contribution in [3.8, 4) is 0 Å². The average molecular weight is 307 g/mol. The van der Waals surface area contributed by atoms with Crippen molar-refractivity contribution in [2.75, 3.05) is 0 Å². The van der Waals surface area contributed by atoms with E-state index in [1.807, 2.05) is 47.9 Å². The lowest BCUT2D eigenvalue weighted by molar-refractivity contribution is -0.117. The average Bonchev–Trinajstić information content (AvgIpc) is 2.61. The molecule has 0 atom stereocenters. The molecule has 0 saturated heterocycles. The fourth-order valence-electron chi connectivity index (χ4n) is 1.86. The molecule has 0 aromatic heterocycles. The van der Waals surface area contributed by atoms with Crippen LogP contribution in [0.3, 0.4) is 0 Å². The molecule has 0 bridgehead atoms. The lowest BCUT2D eigenvalue weighted by Gasteiger charge is -2.07. The highest BCUT2D eigenvalue weighted by Crippen LogP contribution is 2.03. The van der Waals surface area contributed by atoms with Crippen LogP contribution in [0.25, 0.3) is 6.08 Å². The summed E-state index contributed by atoms with van der Waals surface area (Å²) in [7, 11) is 0. The number of rotatable bonds is 5. The second-order valence-corrected chi connectivity index (χ2v) is 4.64. The molecule has 0 heterocycles. The second-order valence-electron chi connectivity index (χ2n) is 4.64. The lowest BCUT2D eigenvalue weighted by Crippen LogP contribution is -2.38. The van der Waals surface area contributed by atoms with E-state index in [4.69, 9.17) is 5.84 Å². The summed E-state index contributed by atoms with van der Waals surface area (Å²) in [6.45, 7) is 0. The summed E-state index contributed by atoms with van der Waals surface area (Å²) in [5, 5.41) is 2.55. The maximum Gasteiger partial charge on any atom is 0.281 e. The SMILES string of the molecule is NNC(=O)/C(=C\C=C\c1ccccc1)NC(=O)c1ccccc1. The maximum atomic E-state index is 12.1. The Morgan fingerprint density at radius 1 is 0.913 bits per heavy atom. The third-order valence-corrected chi connectivity index (χ3v) is 3.01. The van der Waals surface area contributed by atoms with E-state index in [9.17, 15) is 9.59 Å². The molecule has 4 N–H and O–H groups in total. The number of allylic oxidation sites excluding steroid dienone is 2. The molecule has 2 aromatic carbocycles. The minimum Gasteiger partial charge on any atom is -0.317 e. The van der Waals surface area contributed by atoms with Gasteiger partial charge < -0.3 is 5.32 Å². The Hall–Kier alpha value is -3.18. The predicted molar refractivity (Wildman–Crippen MR) is 89.8 cm³/mol. The van der Waals surface area contributed by atoms with Gasteiger partial charge in [0, 0.05) is 5.56 Å². The first-order chi connectivity index (χ1) is 11.2. The van der Waals surface area contributed by atoms with Gasteiger partial charge in [-0.05, 0) is 23.8 Å². The van der Waals surface area contributed by atoms with Crippen molar-refractivity contribution in [2.45, 2.75) is 0 Å². The summed E-state index contributed by atoms with van der Waals surface area (Å²) in [6, 6.07) is 18.2. The monoisotopic (exact) mass is 307 g/mol. The third kappa shape index (κ3) is 4.94. The van der Waals surface area contributed by atoms with Crippen molar-refractivity contribution >= 4 is 17.9 Å². The van der Waals surface area contributed by atoms with Gasteiger partial charge in [-0.15, -0.1) is 0 Å². The number of carbonyl (C=O) groups excluding carboxylic acids is 2. The molecule has 0 aliphatic carbocycles. The highest BCUT2D eigenvalue weighted by molar-refractivity contribution is 6.02. The molecule has 0 unspecified atom stereocenters. The van der Waals surface area contributed by atoms with Crippen molar-refractivity contribution in [2.24, 2.45) is 5.84 Å². The zero-order valence-electron chi connectivity index (χ0n) is 12.4. The number of nitrogens with two attached hydrogens (primary N) is 1. The van der Waals surface area contributed by atoms with E-state index in [1.54, 1.807) is 30.3 Å². The minimum atomic E-state index is -0.577. The Labute approximate surface area is 134 Å². The first-order valence-corrected chi connectivity index (χ1v) is 7.01. The fourth-order valence-corrected chi connectivity index (χ4v) is 1.86. The van der Waals surface area contributed by atoms with Crippen LogP contribution in [0.4, 0.5) is 0 Å². The molecule has 0 fully saturated rings. The van der Waals surface area contributed by atoms with Gasteiger partial charge in [0.15, 0.2) is 0 Å². The molecule has 2 aromatic rings. The van der Waals surface area contributed by atoms with Crippen molar-refractivity contribution < 1.29 is 9.59 Å². The van der Waals surface area contributed by atoms with E-state index in [1.165, 1.54) is 6.08 Å².